The minimum atomic E-state index is 0.267. The fraction of sp³-hybridized carbons (Fsp3) is 0.0357. The molecule has 3 nitrogen and oxygen atoms in total. The summed E-state index contributed by atoms with van der Waals surface area (Å²) in [5.41, 5.74) is 15.2. The van der Waals surface area contributed by atoms with Gasteiger partial charge in [0.25, 0.3) is 0 Å². The van der Waals surface area contributed by atoms with Crippen LogP contribution in [0, 0.1) is 0 Å². The second-order valence-corrected chi connectivity index (χ2v) is 15.6. The molecule has 11 aromatic rings. The minimum Gasteiger partial charge on any atom is -0.456 e. The maximum atomic E-state index is 6.81. The highest BCUT2D eigenvalue weighted by Gasteiger charge is 2.23. The van der Waals surface area contributed by atoms with E-state index in [0.717, 1.165) is 89.6 Å². The standard InChI is InChI=1S/C56H37NO2/c1-2-14-39-34-55-51(33-38(39)13-1)50-23-11-22-49(56(50)59-55)46-19-5-7-24-52(46)57(43-17-9-16-41(32-43)45-21-10-15-37-12-3-4-18-44(37)45)42-29-26-36(27-30-42)40-28-31-48-47-20-6-8-25-53(47)58-54(48)35-40/h1-20,22-35,45H,21H2. The molecule has 0 bridgehead atoms. The summed E-state index contributed by atoms with van der Waals surface area (Å²) in [6.45, 7) is 0. The number of hydrogen-bond acceptors (Lipinski definition) is 3. The summed E-state index contributed by atoms with van der Waals surface area (Å²) in [5.74, 6) is 0.267. The van der Waals surface area contributed by atoms with Crippen LogP contribution in [0.2, 0.25) is 0 Å². The number of nitrogens with zero attached hydrogens (tertiary/aromatic N) is 1. The van der Waals surface area contributed by atoms with E-state index in [4.69, 9.17) is 8.83 Å². The van der Waals surface area contributed by atoms with E-state index in [1.165, 1.54) is 27.5 Å². The van der Waals surface area contributed by atoms with Crippen LogP contribution < -0.4 is 4.90 Å². The number of allylic oxidation sites excluding steroid dienone is 1. The molecule has 0 aliphatic heterocycles. The summed E-state index contributed by atoms with van der Waals surface area (Å²) in [6, 6.07) is 69.8. The molecule has 1 unspecified atom stereocenters. The minimum absolute atomic E-state index is 0.267. The first-order chi connectivity index (χ1) is 29.2. The number of furan rings is 2. The summed E-state index contributed by atoms with van der Waals surface area (Å²) in [4.78, 5) is 2.41. The molecule has 59 heavy (non-hydrogen) atoms. The zero-order valence-corrected chi connectivity index (χ0v) is 32.2. The second-order valence-electron chi connectivity index (χ2n) is 15.6. The van der Waals surface area contributed by atoms with E-state index in [-0.39, 0.29) is 5.92 Å². The Morgan fingerprint density at radius 1 is 0.441 bits per heavy atom. The molecule has 0 N–H and O–H groups in total. The molecule has 278 valence electrons. The van der Waals surface area contributed by atoms with Gasteiger partial charge in [0.2, 0.25) is 0 Å². The highest BCUT2D eigenvalue weighted by Crippen LogP contribution is 2.46. The Balaban J connectivity index is 1.02. The average molecular weight is 756 g/mol. The van der Waals surface area contributed by atoms with Crippen LogP contribution in [-0.2, 0) is 0 Å². The Morgan fingerprint density at radius 3 is 2.08 bits per heavy atom. The third kappa shape index (κ3) is 5.58. The highest BCUT2D eigenvalue weighted by molar-refractivity contribution is 6.14. The molecular formula is C56H37NO2. The van der Waals surface area contributed by atoms with Gasteiger partial charge in [-0.05, 0) is 106 Å². The maximum Gasteiger partial charge on any atom is 0.143 e. The Labute approximate surface area is 341 Å². The molecule has 2 heterocycles. The molecule has 0 amide bonds. The topological polar surface area (TPSA) is 29.5 Å². The van der Waals surface area contributed by atoms with Crippen molar-refractivity contribution < 1.29 is 8.83 Å². The number of rotatable bonds is 6. The Hall–Kier alpha value is -7.62. The van der Waals surface area contributed by atoms with Crippen molar-refractivity contribution in [3.8, 4) is 22.3 Å². The first kappa shape index (κ1) is 33.5. The molecular weight excluding hydrogens is 719 g/mol. The second kappa shape index (κ2) is 13.5. The lowest BCUT2D eigenvalue weighted by atomic mass is 9.82. The summed E-state index contributed by atoms with van der Waals surface area (Å²) < 4.78 is 13.1. The average Bonchev–Trinajstić information content (AvgIpc) is 3.86. The van der Waals surface area contributed by atoms with Gasteiger partial charge in [0.05, 0.1) is 5.69 Å². The lowest BCUT2D eigenvalue weighted by molar-refractivity contribution is 0.669. The SMILES string of the molecule is C1=Cc2ccccc2C(c2cccc(N(c3ccc(-c4ccc5c(c4)oc4ccccc45)cc3)c3ccccc3-c3cccc4c3oc3cc5ccccc5cc34)c2)C1. The van der Waals surface area contributed by atoms with Crippen molar-refractivity contribution in [1.29, 1.82) is 0 Å². The van der Waals surface area contributed by atoms with Gasteiger partial charge < -0.3 is 13.7 Å². The predicted molar refractivity (Wildman–Crippen MR) is 246 cm³/mol. The van der Waals surface area contributed by atoms with Crippen molar-refractivity contribution in [3.63, 3.8) is 0 Å². The fourth-order valence-corrected chi connectivity index (χ4v) is 9.36. The van der Waals surface area contributed by atoms with Gasteiger partial charge in [0.1, 0.15) is 22.3 Å². The van der Waals surface area contributed by atoms with Crippen molar-refractivity contribution in [2.24, 2.45) is 0 Å². The van der Waals surface area contributed by atoms with Crippen molar-refractivity contribution in [3.05, 3.63) is 217 Å². The molecule has 0 saturated heterocycles. The van der Waals surface area contributed by atoms with Crippen molar-refractivity contribution in [1.82, 2.24) is 0 Å². The molecule has 1 aliphatic carbocycles. The number of anilines is 3. The zero-order valence-electron chi connectivity index (χ0n) is 32.2. The number of fused-ring (bicyclic) bond motifs is 8. The molecule has 0 radical (unpaired) electrons. The number of benzene rings is 9. The first-order valence-corrected chi connectivity index (χ1v) is 20.3. The molecule has 0 fully saturated rings. The van der Waals surface area contributed by atoms with Crippen LogP contribution in [0.3, 0.4) is 0 Å². The van der Waals surface area contributed by atoms with E-state index in [9.17, 15) is 0 Å². The smallest absolute Gasteiger partial charge is 0.143 e. The maximum absolute atomic E-state index is 6.81. The fourth-order valence-electron chi connectivity index (χ4n) is 9.36. The van der Waals surface area contributed by atoms with E-state index >= 15 is 0 Å². The Morgan fingerprint density at radius 2 is 1.15 bits per heavy atom. The molecule has 1 aliphatic rings. The lowest BCUT2D eigenvalue weighted by Crippen LogP contribution is -2.12. The quantitative estimate of drug-likeness (QED) is 0.169. The van der Waals surface area contributed by atoms with Crippen LogP contribution in [0.5, 0.6) is 0 Å². The lowest BCUT2D eigenvalue weighted by Gasteiger charge is -2.29. The van der Waals surface area contributed by atoms with E-state index in [0.29, 0.717) is 0 Å². The molecule has 12 rings (SSSR count). The van der Waals surface area contributed by atoms with Crippen LogP contribution in [0.1, 0.15) is 29.0 Å². The molecule has 9 aromatic carbocycles. The molecule has 0 saturated carbocycles. The summed E-state index contributed by atoms with van der Waals surface area (Å²) in [5, 5.41) is 6.89. The predicted octanol–water partition coefficient (Wildman–Crippen LogP) is 16.0. The van der Waals surface area contributed by atoms with Gasteiger partial charge in [-0.2, -0.15) is 0 Å². The summed E-state index contributed by atoms with van der Waals surface area (Å²) in [7, 11) is 0. The normalized spacial score (nSPS) is 13.8. The summed E-state index contributed by atoms with van der Waals surface area (Å²) in [6.07, 6.45) is 5.53. The van der Waals surface area contributed by atoms with Crippen LogP contribution in [-0.4, -0.2) is 0 Å². The van der Waals surface area contributed by atoms with Crippen LogP contribution in [0.4, 0.5) is 17.1 Å². The van der Waals surface area contributed by atoms with E-state index in [1.54, 1.807) is 0 Å². The highest BCUT2D eigenvalue weighted by atomic mass is 16.3. The van der Waals surface area contributed by atoms with E-state index in [1.807, 2.05) is 12.1 Å². The van der Waals surface area contributed by atoms with Crippen molar-refractivity contribution in [2.45, 2.75) is 12.3 Å². The molecule has 2 aromatic heterocycles. The molecule has 0 spiro atoms. The van der Waals surface area contributed by atoms with E-state index < -0.39 is 0 Å². The Kier molecular flexibility index (Phi) is 7.67. The third-order valence-electron chi connectivity index (χ3n) is 12.2. The number of para-hydroxylation sites is 3. The number of hydrogen-bond donors (Lipinski definition) is 0. The van der Waals surface area contributed by atoms with E-state index in [2.05, 4.69) is 199 Å². The monoisotopic (exact) mass is 755 g/mol. The molecule has 3 heteroatoms. The summed E-state index contributed by atoms with van der Waals surface area (Å²) >= 11 is 0. The van der Waals surface area contributed by atoms with Gasteiger partial charge in [-0.15, -0.1) is 0 Å². The van der Waals surface area contributed by atoms with Crippen LogP contribution >= 0.6 is 0 Å². The largest absolute Gasteiger partial charge is 0.456 e. The molecule has 1 atom stereocenters. The van der Waals surface area contributed by atoms with Gasteiger partial charge in [-0.1, -0.05) is 146 Å². The zero-order chi connectivity index (χ0) is 38.9. The van der Waals surface area contributed by atoms with Gasteiger partial charge in [-0.3, -0.25) is 0 Å². The van der Waals surface area contributed by atoms with Gasteiger partial charge in [0, 0.05) is 50.0 Å². The first-order valence-electron chi connectivity index (χ1n) is 20.3. The van der Waals surface area contributed by atoms with Gasteiger partial charge in [-0.25, -0.2) is 0 Å². The van der Waals surface area contributed by atoms with Crippen molar-refractivity contribution in [2.75, 3.05) is 4.90 Å². The third-order valence-corrected chi connectivity index (χ3v) is 12.2. The Bertz CT molecular complexity index is 3440. The van der Waals surface area contributed by atoms with Crippen molar-refractivity contribution >= 4 is 77.8 Å². The van der Waals surface area contributed by atoms with Gasteiger partial charge in [0.15, 0.2) is 0 Å². The van der Waals surface area contributed by atoms with Crippen LogP contribution in [0.25, 0.3) is 83.0 Å². The van der Waals surface area contributed by atoms with Crippen LogP contribution in [0.15, 0.2) is 209 Å². The van der Waals surface area contributed by atoms with Gasteiger partial charge >= 0.3 is 0 Å².